The monoisotopic (exact) mass is 372 g/mol. The highest BCUT2D eigenvalue weighted by molar-refractivity contribution is 5.98. The highest BCUT2D eigenvalue weighted by atomic mass is 16.5. The molecule has 0 heterocycles. The van der Waals surface area contributed by atoms with Crippen molar-refractivity contribution in [3.63, 3.8) is 0 Å². The maximum atomic E-state index is 13.5. The number of hydrogen-bond acceptors (Lipinski definition) is 4. The van der Waals surface area contributed by atoms with E-state index in [0.717, 1.165) is 32.1 Å². The molecule has 4 rings (SSSR count). The first-order chi connectivity index (χ1) is 12.7. The van der Waals surface area contributed by atoms with E-state index in [2.05, 4.69) is 13.8 Å². The number of fused-ring (bicyclic) bond motifs is 5. The number of hydrogen-bond donors (Lipinski definition) is 0. The number of ketones is 2. The second kappa shape index (κ2) is 6.28. The molecule has 7 atom stereocenters. The molecule has 0 bridgehead atoms. The first-order valence-electron chi connectivity index (χ1n) is 10.6. The van der Waals surface area contributed by atoms with Crippen LogP contribution in [0, 0.1) is 40.4 Å². The molecule has 27 heavy (non-hydrogen) atoms. The molecule has 3 saturated carbocycles. The lowest BCUT2D eigenvalue weighted by molar-refractivity contribution is -0.150. The van der Waals surface area contributed by atoms with Gasteiger partial charge in [-0.05, 0) is 67.3 Å². The number of Topliss-reactive ketones (excluding diaryl/α,β-unsaturated/α-hetero) is 1. The van der Waals surface area contributed by atoms with Crippen LogP contribution in [0.2, 0.25) is 0 Å². The average molecular weight is 373 g/mol. The Hall–Kier alpha value is -1.45. The van der Waals surface area contributed by atoms with Gasteiger partial charge in [0.25, 0.3) is 0 Å². The van der Waals surface area contributed by atoms with Crippen molar-refractivity contribution >= 4 is 17.5 Å². The molecule has 4 nitrogen and oxygen atoms in total. The molecular formula is C23H32O4. The standard InChI is InChI=1S/C23H32O4/c1-13(21(26)27-4)17-7-8-18-16-6-5-14-11-15(24)9-10-22(14,2)19(16)12-20(25)23(17,18)3/h12-14,16-18H,5-11H2,1-4H3/t13-,14-,16+,17+,18-,22-,23-/m1/s1. The van der Waals surface area contributed by atoms with Crippen molar-refractivity contribution < 1.29 is 19.1 Å². The van der Waals surface area contributed by atoms with Gasteiger partial charge in [0.1, 0.15) is 5.78 Å². The fourth-order valence-corrected chi connectivity index (χ4v) is 7.29. The first kappa shape index (κ1) is 18.9. The predicted octanol–water partition coefficient (Wildman–Crippen LogP) is 4.12. The molecule has 0 aromatic carbocycles. The number of carbonyl (C=O) groups excluding carboxylic acids is 3. The van der Waals surface area contributed by atoms with Crippen molar-refractivity contribution in [3.05, 3.63) is 11.6 Å². The van der Waals surface area contributed by atoms with E-state index in [9.17, 15) is 14.4 Å². The number of methoxy groups -OCH3 is 1. The molecule has 0 aromatic rings. The third-order valence-corrected chi connectivity index (χ3v) is 8.99. The number of carbonyl (C=O) groups is 3. The fraction of sp³-hybridized carbons (Fsp3) is 0.783. The van der Waals surface area contributed by atoms with Crippen LogP contribution in [0.3, 0.4) is 0 Å². The Kier molecular flexibility index (Phi) is 4.40. The molecular weight excluding hydrogens is 340 g/mol. The van der Waals surface area contributed by atoms with Crippen LogP contribution in [0.15, 0.2) is 11.6 Å². The minimum absolute atomic E-state index is 0.000130. The van der Waals surface area contributed by atoms with Gasteiger partial charge in [-0.3, -0.25) is 14.4 Å². The van der Waals surface area contributed by atoms with E-state index < -0.39 is 5.41 Å². The van der Waals surface area contributed by atoms with Crippen LogP contribution < -0.4 is 0 Å². The summed E-state index contributed by atoms with van der Waals surface area (Å²) in [4.78, 5) is 37.7. The topological polar surface area (TPSA) is 60.4 Å². The van der Waals surface area contributed by atoms with Gasteiger partial charge in [-0.15, -0.1) is 0 Å². The second-order valence-corrected chi connectivity index (χ2v) is 9.89. The number of rotatable bonds is 2. The van der Waals surface area contributed by atoms with Crippen molar-refractivity contribution in [2.75, 3.05) is 7.11 Å². The van der Waals surface area contributed by atoms with E-state index in [1.54, 1.807) is 0 Å². The van der Waals surface area contributed by atoms with E-state index in [1.807, 2.05) is 13.0 Å². The predicted molar refractivity (Wildman–Crippen MR) is 102 cm³/mol. The van der Waals surface area contributed by atoms with Crippen molar-refractivity contribution in [2.24, 2.45) is 40.4 Å². The van der Waals surface area contributed by atoms with Gasteiger partial charge in [-0.1, -0.05) is 26.3 Å². The largest absolute Gasteiger partial charge is 0.469 e. The molecule has 0 saturated heterocycles. The van der Waals surface area contributed by atoms with E-state index in [0.29, 0.717) is 36.4 Å². The lowest BCUT2D eigenvalue weighted by Crippen LogP contribution is -2.52. The quantitative estimate of drug-likeness (QED) is 0.684. The SMILES string of the molecule is COC(=O)[C@H](C)[C@@H]1CC[C@@H]2[C@@H]3CC[C@@H]4CC(=O)CC[C@@]4(C)C3=CC(=O)[C@@]21C. The second-order valence-electron chi connectivity index (χ2n) is 9.89. The summed E-state index contributed by atoms with van der Waals surface area (Å²) in [7, 11) is 1.43. The van der Waals surface area contributed by atoms with Crippen LogP contribution in [-0.2, 0) is 19.1 Å². The van der Waals surface area contributed by atoms with E-state index in [-0.39, 0.29) is 29.0 Å². The van der Waals surface area contributed by atoms with Gasteiger partial charge in [0.2, 0.25) is 0 Å². The zero-order valence-electron chi connectivity index (χ0n) is 17.0. The summed E-state index contributed by atoms with van der Waals surface area (Å²) in [5, 5.41) is 0. The number of esters is 1. The van der Waals surface area contributed by atoms with E-state index in [4.69, 9.17) is 4.74 Å². The molecule has 4 aliphatic rings. The zero-order valence-corrected chi connectivity index (χ0v) is 17.0. The van der Waals surface area contributed by atoms with Gasteiger partial charge in [0.15, 0.2) is 5.78 Å². The van der Waals surface area contributed by atoms with Crippen molar-refractivity contribution in [1.29, 1.82) is 0 Å². The number of allylic oxidation sites excluding steroid dienone is 2. The van der Waals surface area contributed by atoms with Crippen LogP contribution in [-0.4, -0.2) is 24.6 Å². The highest BCUT2D eigenvalue weighted by Crippen LogP contribution is 2.65. The van der Waals surface area contributed by atoms with Crippen LogP contribution in [0.4, 0.5) is 0 Å². The van der Waals surface area contributed by atoms with Gasteiger partial charge in [-0.2, -0.15) is 0 Å². The highest BCUT2D eigenvalue weighted by Gasteiger charge is 2.61. The minimum Gasteiger partial charge on any atom is -0.469 e. The van der Waals surface area contributed by atoms with Crippen LogP contribution >= 0.6 is 0 Å². The van der Waals surface area contributed by atoms with E-state index >= 15 is 0 Å². The smallest absolute Gasteiger partial charge is 0.308 e. The van der Waals surface area contributed by atoms with Gasteiger partial charge in [-0.25, -0.2) is 0 Å². The molecule has 0 radical (unpaired) electrons. The molecule has 0 aromatic heterocycles. The summed E-state index contributed by atoms with van der Waals surface area (Å²) >= 11 is 0. The molecule has 0 amide bonds. The molecule has 0 N–H and O–H groups in total. The Labute approximate surface area is 162 Å². The van der Waals surface area contributed by atoms with Gasteiger partial charge < -0.3 is 4.74 Å². The summed E-state index contributed by atoms with van der Waals surface area (Å²) in [6.45, 7) is 6.31. The molecule has 148 valence electrons. The normalized spacial score (nSPS) is 44.7. The molecule has 3 fully saturated rings. The van der Waals surface area contributed by atoms with E-state index in [1.165, 1.54) is 12.7 Å². The molecule has 4 aliphatic carbocycles. The fourth-order valence-electron chi connectivity index (χ4n) is 7.29. The zero-order chi connectivity index (χ0) is 19.6. The van der Waals surface area contributed by atoms with Crippen LogP contribution in [0.5, 0.6) is 0 Å². The molecule has 4 heteroatoms. The Morgan fingerprint density at radius 1 is 1.19 bits per heavy atom. The summed E-state index contributed by atoms with van der Waals surface area (Å²) in [6, 6.07) is 0. The van der Waals surface area contributed by atoms with Crippen molar-refractivity contribution in [3.8, 4) is 0 Å². The Balaban J connectivity index is 1.71. The molecule has 0 aliphatic heterocycles. The Morgan fingerprint density at radius 3 is 2.63 bits per heavy atom. The van der Waals surface area contributed by atoms with Gasteiger partial charge in [0, 0.05) is 18.3 Å². The lowest BCUT2D eigenvalue weighted by atomic mass is 9.48. The third kappa shape index (κ3) is 2.51. The maximum absolute atomic E-state index is 13.5. The Bertz CT molecular complexity index is 722. The minimum atomic E-state index is -0.463. The maximum Gasteiger partial charge on any atom is 0.308 e. The van der Waals surface area contributed by atoms with Gasteiger partial charge >= 0.3 is 5.97 Å². The summed E-state index contributed by atoms with van der Waals surface area (Å²) in [5.41, 5.74) is 0.861. The summed E-state index contributed by atoms with van der Waals surface area (Å²) < 4.78 is 4.99. The Morgan fingerprint density at radius 2 is 1.93 bits per heavy atom. The lowest BCUT2D eigenvalue weighted by Gasteiger charge is -2.55. The molecule has 0 unspecified atom stereocenters. The van der Waals surface area contributed by atoms with Gasteiger partial charge in [0.05, 0.1) is 13.0 Å². The molecule has 0 spiro atoms. The van der Waals surface area contributed by atoms with Crippen molar-refractivity contribution in [1.82, 2.24) is 0 Å². The van der Waals surface area contributed by atoms with Crippen molar-refractivity contribution in [2.45, 2.75) is 65.7 Å². The van der Waals surface area contributed by atoms with Crippen LogP contribution in [0.1, 0.15) is 65.7 Å². The first-order valence-corrected chi connectivity index (χ1v) is 10.6. The third-order valence-electron chi connectivity index (χ3n) is 8.99. The summed E-state index contributed by atoms with van der Waals surface area (Å²) in [5.74, 6) is 1.33. The average Bonchev–Trinajstić information content (AvgIpc) is 3.01. The number of ether oxygens (including phenoxy) is 1. The van der Waals surface area contributed by atoms with Crippen LogP contribution in [0.25, 0.3) is 0 Å². The summed E-state index contributed by atoms with van der Waals surface area (Å²) in [6.07, 6.45) is 8.25.